The second-order valence-electron chi connectivity index (χ2n) is 8.29. The second kappa shape index (κ2) is 6.90. The maximum absolute atomic E-state index is 13.1. The van der Waals surface area contributed by atoms with E-state index in [4.69, 9.17) is 4.74 Å². The Labute approximate surface area is 156 Å². The van der Waals surface area contributed by atoms with Gasteiger partial charge < -0.3 is 9.47 Å². The van der Waals surface area contributed by atoms with Crippen LogP contribution in [0.4, 0.5) is 39.5 Å². The van der Waals surface area contributed by atoms with Gasteiger partial charge in [0, 0.05) is 12.1 Å². The van der Waals surface area contributed by atoms with Crippen LogP contribution >= 0.6 is 0 Å². The number of alkyl halides is 9. The van der Waals surface area contributed by atoms with Crippen molar-refractivity contribution in [3.05, 3.63) is 0 Å². The largest absolute Gasteiger partial charge is 0.435 e. The fourth-order valence-electron chi connectivity index (χ4n) is 3.83. The Morgan fingerprint density at radius 3 is 1.82 bits per heavy atom. The molecule has 0 unspecified atom stereocenters. The van der Waals surface area contributed by atoms with Crippen molar-refractivity contribution in [1.29, 1.82) is 0 Å². The van der Waals surface area contributed by atoms with E-state index in [-0.39, 0.29) is 6.61 Å². The van der Waals surface area contributed by atoms with Gasteiger partial charge in [-0.25, -0.2) is 0 Å². The molecule has 2 aliphatic heterocycles. The molecule has 0 aliphatic carbocycles. The highest BCUT2D eigenvalue weighted by Crippen LogP contribution is 2.56. The summed E-state index contributed by atoms with van der Waals surface area (Å²) in [7, 11) is 0. The molecule has 0 spiro atoms. The van der Waals surface area contributed by atoms with Gasteiger partial charge >= 0.3 is 24.1 Å². The molecular formula is C16H22F9NO2. The van der Waals surface area contributed by atoms with E-state index in [0.29, 0.717) is 19.4 Å². The molecule has 0 radical (unpaired) electrons. The molecule has 0 saturated carbocycles. The first-order valence-electron chi connectivity index (χ1n) is 8.62. The van der Waals surface area contributed by atoms with Gasteiger partial charge in [-0.3, -0.25) is 4.90 Å². The van der Waals surface area contributed by atoms with Gasteiger partial charge in [0.25, 0.3) is 0 Å². The van der Waals surface area contributed by atoms with E-state index < -0.39 is 54.3 Å². The van der Waals surface area contributed by atoms with Gasteiger partial charge in [-0.05, 0) is 46.6 Å². The zero-order valence-electron chi connectivity index (χ0n) is 15.5. The number of rotatable bonds is 4. The third kappa shape index (κ3) is 4.09. The van der Waals surface area contributed by atoms with Crippen molar-refractivity contribution in [2.75, 3.05) is 19.7 Å². The van der Waals surface area contributed by atoms with Crippen LogP contribution in [0.15, 0.2) is 0 Å². The van der Waals surface area contributed by atoms with E-state index in [9.17, 15) is 39.5 Å². The molecule has 12 heteroatoms. The van der Waals surface area contributed by atoms with Crippen molar-refractivity contribution in [2.45, 2.75) is 81.4 Å². The van der Waals surface area contributed by atoms with Crippen LogP contribution in [0.5, 0.6) is 0 Å². The first kappa shape index (κ1) is 23.5. The number of hydrogen-bond donors (Lipinski definition) is 0. The summed E-state index contributed by atoms with van der Waals surface area (Å²) in [5.41, 5.74) is -7.80. The lowest BCUT2D eigenvalue weighted by Gasteiger charge is -2.40. The average molecular weight is 431 g/mol. The molecule has 3 nitrogen and oxygen atoms in total. The van der Waals surface area contributed by atoms with Crippen molar-refractivity contribution in [1.82, 2.24) is 4.90 Å². The molecular weight excluding hydrogens is 409 g/mol. The summed E-state index contributed by atoms with van der Waals surface area (Å²) in [6.07, 6.45) is -21.5. The van der Waals surface area contributed by atoms with E-state index in [1.165, 1.54) is 0 Å². The Bertz CT molecular complexity index is 528. The summed E-state index contributed by atoms with van der Waals surface area (Å²) < 4.78 is 128. The first-order chi connectivity index (χ1) is 12.3. The predicted molar refractivity (Wildman–Crippen MR) is 79.6 cm³/mol. The maximum Gasteiger partial charge on any atom is 0.435 e. The average Bonchev–Trinajstić information content (AvgIpc) is 2.94. The number of nitrogens with zero attached hydrogens (tertiary/aromatic N) is 1. The summed E-state index contributed by atoms with van der Waals surface area (Å²) in [6.45, 7) is 5.00. The van der Waals surface area contributed by atoms with E-state index in [1.54, 1.807) is 25.7 Å². The van der Waals surface area contributed by atoms with E-state index in [2.05, 4.69) is 4.74 Å². The van der Waals surface area contributed by atoms with Crippen molar-refractivity contribution in [3.63, 3.8) is 0 Å². The molecule has 0 bridgehead atoms. The molecule has 0 aromatic heterocycles. The lowest BCUT2D eigenvalue weighted by atomic mass is 9.93. The topological polar surface area (TPSA) is 21.7 Å². The molecule has 166 valence electrons. The molecule has 2 atom stereocenters. The highest BCUT2D eigenvalue weighted by molar-refractivity contribution is 5.08. The standard InChI is InChI=1S/C16H22F9NO2/c1-11(2,3)27-9-12-5-4-6-26(12)8-10(7-12)28-13(14(17,18)19,15(20,21)22)16(23,24)25/h10H,4-9H2,1-3H3/t10-,12-/m0/s1. The summed E-state index contributed by atoms with van der Waals surface area (Å²) in [5, 5.41) is 0. The highest BCUT2D eigenvalue weighted by atomic mass is 19.4. The van der Waals surface area contributed by atoms with Crippen LogP contribution in [0.1, 0.15) is 40.0 Å². The summed E-state index contributed by atoms with van der Waals surface area (Å²) in [5.74, 6) is 0. The second-order valence-corrected chi connectivity index (χ2v) is 8.29. The monoisotopic (exact) mass is 431 g/mol. The third-order valence-electron chi connectivity index (χ3n) is 5.09. The van der Waals surface area contributed by atoms with Crippen LogP contribution in [0, 0.1) is 0 Å². The van der Waals surface area contributed by atoms with E-state index in [0.717, 1.165) is 0 Å². The first-order valence-corrected chi connectivity index (χ1v) is 8.62. The fraction of sp³-hybridized carbons (Fsp3) is 1.00. The summed E-state index contributed by atoms with van der Waals surface area (Å²) in [4.78, 5) is 1.57. The van der Waals surface area contributed by atoms with Crippen molar-refractivity contribution in [2.24, 2.45) is 0 Å². The van der Waals surface area contributed by atoms with Crippen molar-refractivity contribution in [3.8, 4) is 0 Å². The van der Waals surface area contributed by atoms with Crippen LogP contribution in [-0.2, 0) is 9.47 Å². The summed E-state index contributed by atoms with van der Waals surface area (Å²) >= 11 is 0. The Morgan fingerprint density at radius 1 is 0.893 bits per heavy atom. The molecule has 2 heterocycles. The minimum Gasteiger partial charge on any atom is -0.374 e. The molecule has 2 saturated heterocycles. The van der Waals surface area contributed by atoms with Gasteiger partial charge in [0.15, 0.2) is 0 Å². The van der Waals surface area contributed by atoms with Gasteiger partial charge in [-0.15, -0.1) is 0 Å². The number of halogens is 9. The fourth-order valence-corrected chi connectivity index (χ4v) is 3.83. The predicted octanol–water partition coefficient (Wildman–Crippen LogP) is 4.85. The molecule has 0 N–H and O–H groups in total. The quantitative estimate of drug-likeness (QED) is 0.594. The van der Waals surface area contributed by atoms with Crippen molar-refractivity contribution >= 4 is 0 Å². The number of hydrogen-bond acceptors (Lipinski definition) is 3. The lowest BCUT2D eigenvalue weighted by molar-refractivity contribution is -0.463. The van der Waals surface area contributed by atoms with Gasteiger partial charge in [-0.1, -0.05) is 0 Å². The molecule has 2 rings (SSSR count). The lowest BCUT2D eigenvalue weighted by Crippen LogP contribution is -2.68. The Balaban J connectivity index is 2.32. The molecule has 0 aromatic carbocycles. The van der Waals surface area contributed by atoms with Crippen LogP contribution in [0.3, 0.4) is 0 Å². The van der Waals surface area contributed by atoms with Gasteiger partial charge in [0.1, 0.15) is 0 Å². The van der Waals surface area contributed by atoms with Gasteiger partial charge in [0.2, 0.25) is 0 Å². The maximum atomic E-state index is 13.1. The molecule has 0 amide bonds. The van der Waals surface area contributed by atoms with Crippen LogP contribution in [-0.4, -0.2) is 66.0 Å². The Morgan fingerprint density at radius 2 is 1.39 bits per heavy atom. The molecule has 0 aromatic rings. The van der Waals surface area contributed by atoms with Gasteiger partial charge in [0.05, 0.1) is 18.3 Å². The third-order valence-corrected chi connectivity index (χ3v) is 5.09. The Kier molecular flexibility index (Phi) is 5.80. The number of fused-ring (bicyclic) bond motifs is 1. The summed E-state index contributed by atoms with van der Waals surface area (Å²) in [6, 6.07) is 0. The van der Waals surface area contributed by atoms with Crippen LogP contribution in [0.25, 0.3) is 0 Å². The minimum atomic E-state index is -6.72. The van der Waals surface area contributed by atoms with E-state index in [1.807, 2.05) is 0 Å². The van der Waals surface area contributed by atoms with Gasteiger partial charge in [-0.2, -0.15) is 39.5 Å². The number of ether oxygens (including phenoxy) is 2. The van der Waals surface area contributed by atoms with Crippen molar-refractivity contribution < 1.29 is 49.0 Å². The molecule has 2 fully saturated rings. The Hall–Kier alpha value is -0.750. The zero-order valence-corrected chi connectivity index (χ0v) is 15.5. The smallest absolute Gasteiger partial charge is 0.374 e. The minimum absolute atomic E-state index is 0.0204. The zero-order chi connectivity index (χ0) is 21.8. The highest BCUT2D eigenvalue weighted by Gasteiger charge is 2.86. The van der Waals surface area contributed by atoms with Crippen LogP contribution < -0.4 is 0 Å². The SMILES string of the molecule is CC(C)(C)OC[C@@]12CCCN1C[C@@H](OC(C(F)(F)F)(C(F)(F)F)C(F)(F)F)C2. The van der Waals surface area contributed by atoms with Crippen LogP contribution in [0.2, 0.25) is 0 Å². The molecule has 28 heavy (non-hydrogen) atoms. The normalized spacial score (nSPS) is 28.1. The molecule has 2 aliphatic rings. The van der Waals surface area contributed by atoms with E-state index >= 15 is 0 Å².